The number of hydrogen-bond donors (Lipinski definition) is 2. The van der Waals surface area contributed by atoms with Crippen molar-refractivity contribution in [2.45, 2.75) is 19.4 Å². The highest BCUT2D eigenvalue weighted by Crippen LogP contribution is 1.99. The molecule has 2 aromatic heterocycles. The molecular weight excluding hydrogens is 437 g/mol. The van der Waals surface area contributed by atoms with Gasteiger partial charge in [-0.05, 0) is 30.9 Å². The van der Waals surface area contributed by atoms with E-state index in [0.717, 1.165) is 56.5 Å². The molecule has 0 amide bonds. The summed E-state index contributed by atoms with van der Waals surface area (Å²) in [6, 6.07) is 5.84. The van der Waals surface area contributed by atoms with Gasteiger partial charge in [0.2, 0.25) is 0 Å². The van der Waals surface area contributed by atoms with Crippen LogP contribution in [0, 0.1) is 0 Å². The van der Waals surface area contributed by atoms with Crippen molar-refractivity contribution in [1.82, 2.24) is 20.4 Å². The van der Waals surface area contributed by atoms with Gasteiger partial charge in [-0.25, -0.2) is 0 Å². The summed E-state index contributed by atoms with van der Waals surface area (Å²) in [5.41, 5.74) is 0. The Kier molecular flexibility index (Phi) is 11.5. The van der Waals surface area contributed by atoms with Crippen LogP contribution in [0.1, 0.15) is 12.2 Å². The maximum Gasteiger partial charge on any atom is 0.191 e. The molecule has 2 aromatic rings. The molecule has 0 saturated heterocycles. The third-order valence-electron chi connectivity index (χ3n) is 3.22. The van der Waals surface area contributed by atoms with E-state index in [1.807, 2.05) is 40.8 Å². The highest BCUT2D eigenvalue weighted by molar-refractivity contribution is 14.0. The number of nitrogens with zero attached hydrogens (tertiary/aromatic N) is 3. The molecule has 0 aliphatic carbocycles. The fourth-order valence-electron chi connectivity index (χ4n) is 2.06. The van der Waals surface area contributed by atoms with Gasteiger partial charge in [-0.3, -0.25) is 9.67 Å². The van der Waals surface area contributed by atoms with Crippen LogP contribution in [0.25, 0.3) is 0 Å². The smallest absolute Gasteiger partial charge is 0.191 e. The van der Waals surface area contributed by atoms with E-state index < -0.39 is 0 Å². The lowest BCUT2D eigenvalue weighted by atomic mass is 10.3. The normalized spacial score (nSPS) is 11.1. The summed E-state index contributed by atoms with van der Waals surface area (Å²) in [6.45, 7) is 3.38. The lowest BCUT2D eigenvalue weighted by Crippen LogP contribution is -2.39. The van der Waals surface area contributed by atoms with E-state index in [1.165, 1.54) is 0 Å². The summed E-state index contributed by atoms with van der Waals surface area (Å²) in [7, 11) is 0. The van der Waals surface area contributed by atoms with E-state index in [0.29, 0.717) is 0 Å². The number of guanidine groups is 1. The molecule has 2 rings (SSSR count). The van der Waals surface area contributed by atoms with Gasteiger partial charge in [0.05, 0.1) is 6.26 Å². The Balaban J connectivity index is 0.00000288. The lowest BCUT2D eigenvalue weighted by Gasteiger charge is -2.12. The number of aromatic nitrogens is 2. The van der Waals surface area contributed by atoms with Crippen molar-refractivity contribution < 1.29 is 4.42 Å². The second-order valence-corrected chi connectivity index (χ2v) is 6.01. The van der Waals surface area contributed by atoms with Crippen molar-refractivity contribution in [2.24, 2.45) is 4.99 Å². The summed E-state index contributed by atoms with van der Waals surface area (Å²) in [4.78, 5) is 4.63. The Bertz CT molecular complexity index is 545. The van der Waals surface area contributed by atoms with Crippen molar-refractivity contribution >= 4 is 41.7 Å². The maximum absolute atomic E-state index is 5.34. The predicted molar refractivity (Wildman–Crippen MR) is 111 cm³/mol. The Morgan fingerprint density at radius 1 is 1.33 bits per heavy atom. The molecule has 134 valence electrons. The van der Waals surface area contributed by atoms with Crippen molar-refractivity contribution in [2.75, 3.05) is 31.6 Å². The molecule has 0 radical (unpaired) electrons. The fourth-order valence-corrected chi connectivity index (χ4v) is 2.37. The third-order valence-corrected chi connectivity index (χ3v) is 3.83. The quantitative estimate of drug-likeness (QED) is 0.246. The molecule has 0 bridgehead atoms. The van der Waals surface area contributed by atoms with E-state index in [4.69, 9.17) is 4.42 Å². The Morgan fingerprint density at radius 2 is 2.21 bits per heavy atom. The standard InChI is InChI=1S/C16H25N5OS.HI/c1-23-14-10-19-16(18-9-6-15-5-2-13-22-15)17-7-3-11-21-12-4-8-20-21;/h2,4-5,8,12-13H,3,6-7,9-11,14H2,1H3,(H2,17,18,19);1H. The molecule has 0 fully saturated rings. The molecule has 0 spiro atoms. The van der Waals surface area contributed by atoms with Crippen molar-refractivity contribution in [3.05, 3.63) is 42.6 Å². The van der Waals surface area contributed by atoms with Crippen LogP contribution in [0.5, 0.6) is 0 Å². The molecule has 0 aliphatic rings. The minimum atomic E-state index is 0. The minimum Gasteiger partial charge on any atom is -0.469 e. The maximum atomic E-state index is 5.34. The number of rotatable bonds is 10. The van der Waals surface area contributed by atoms with Gasteiger partial charge in [-0.15, -0.1) is 24.0 Å². The van der Waals surface area contributed by atoms with Crippen LogP contribution >= 0.6 is 35.7 Å². The number of aliphatic imine (C=N–C) groups is 1. The Hall–Kier alpha value is -1.16. The third kappa shape index (κ3) is 8.62. The molecule has 0 unspecified atom stereocenters. The van der Waals surface area contributed by atoms with Gasteiger partial charge in [0, 0.05) is 50.7 Å². The number of halogens is 1. The first kappa shape index (κ1) is 20.9. The van der Waals surface area contributed by atoms with Crippen molar-refractivity contribution in [3.63, 3.8) is 0 Å². The van der Waals surface area contributed by atoms with Crippen LogP contribution in [-0.2, 0) is 13.0 Å². The monoisotopic (exact) mass is 463 g/mol. The second kappa shape index (κ2) is 13.2. The first-order chi connectivity index (χ1) is 11.4. The molecule has 2 N–H and O–H groups in total. The number of furan rings is 1. The molecule has 0 saturated carbocycles. The first-order valence-corrected chi connectivity index (χ1v) is 9.29. The van der Waals surface area contributed by atoms with Crippen LogP contribution < -0.4 is 10.6 Å². The highest BCUT2D eigenvalue weighted by Gasteiger charge is 2.00. The van der Waals surface area contributed by atoms with E-state index in [-0.39, 0.29) is 24.0 Å². The summed E-state index contributed by atoms with van der Waals surface area (Å²) in [5.74, 6) is 2.91. The summed E-state index contributed by atoms with van der Waals surface area (Å²) >= 11 is 1.82. The Labute approximate surface area is 164 Å². The zero-order chi connectivity index (χ0) is 16.2. The van der Waals surface area contributed by atoms with Gasteiger partial charge in [-0.1, -0.05) is 0 Å². The zero-order valence-electron chi connectivity index (χ0n) is 14.0. The molecular formula is C16H26IN5OS. The zero-order valence-corrected chi connectivity index (χ0v) is 17.1. The fraction of sp³-hybridized carbons (Fsp3) is 0.500. The molecule has 24 heavy (non-hydrogen) atoms. The van der Waals surface area contributed by atoms with E-state index in [2.05, 4.69) is 27.0 Å². The number of thioether (sulfide) groups is 1. The minimum absolute atomic E-state index is 0. The molecule has 0 aromatic carbocycles. The van der Waals surface area contributed by atoms with Crippen LogP contribution in [-0.4, -0.2) is 47.4 Å². The number of aryl methyl sites for hydroxylation is 1. The van der Waals surface area contributed by atoms with Crippen LogP contribution in [0.2, 0.25) is 0 Å². The van der Waals surface area contributed by atoms with Crippen LogP contribution in [0.15, 0.2) is 46.3 Å². The van der Waals surface area contributed by atoms with E-state index in [1.54, 1.807) is 12.5 Å². The van der Waals surface area contributed by atoms with Crippen LogP contribution in [0.4, 0.5) is 0 Å². The lowest BCUT2D eigenvalue weighted by molar-refractivity contribution is 0.506. The van der Waals surface area contributed by atoms with Gasteiger partial charge in [0.1, 0.15) is 5.76 Å². The molecule has 6 nitrogen and oxygen atoms in total. The summed E-state index contributed by atoms with van der Waals surface area (Å²) in [6.07, 6.45) is 9.40. The van der Waals surface area contributed by atoms with Crippen molar-refractivity contribution in [1.29, 1.82) is 0 Å². The van der Waals surface area contributed by atoms with Gasteiger partial charge in [0.15, 0.2) is 5.96 Å². The van der Waals surface area contributed by atoms with Crippen LogP contribution in [0.3, 0.4) is 0 Å². The summed E-state index contributed by atoms with van der Waals surface area (Å²) in [5, 5.41) is 10.9. The molecule has 0 aliphatic heterocycles. The molecule has 0 atom stereocenters. The SMILES string of the molecule is CSCCNC(=NCCCn1cccn1)NCCc1ccco1.I. The van der Waals surface area contributed by atoms with Gasteiger partial charge in [-0.2, -0.15) is 16.9 Å². The highest BCUT2D eigenvalue weighted by atomic mass is 127. The molecule has 8 heteroatoms. The largest absolute Gasteiger partial charge is 0.469 e. The topological polar surface area (TPSA) is 67.4 Å². The van der Waals surface area contributed by atoms with Gasteiger partial charge >= 0.3 is 0 Å². The van der Waals surface area contributed by atoms with E-state index in [9.17, 15) is 0 Å². The average molecular weight is 463 g/mol. The van der Waals surface area contributed by atoms with Crippen molar-refractivity contribution in [3.8, 4) is 0 Å². The summed E-state index contributed by atoms with van der Waals surface area (Å²) < 4.78 is 7.27. The number of hydrogen-bond acceptors (Lipinski definition) is 4. The number of nitrogens with one attached hydrogen (secondary N) is 2. The average Bonchev–Trinajstić information content (AvgIpc) is 3.24. The van der Waals surface area contributed by atoms with Gasteiger partial charge < -0.3 is 15.1 Å². The van der Waals surface area contributed by atoms with E-state index >= 15 is 0 Å². The molecule has 2 heterocycles. The first-order valence-electron chi connectivity index (χ1n) is 7.89. The Morgan fingerprint density at radius 3 is 2.92 bits per heavy atom. The predicted octanol–water partition coefficient (Wildman–Crippen LogP) is 2.63. The second-order valence-electron chi connectivity index (χ2n) is 5.03. The van der Waals surface area contributed by atoms with Gasteiger partial charge in [0.25, 0.3) is 0 Å².